The normalized spacial score (nSPS) is 14.0. The van der Waals surface area contributed by atoms with Gasteiger partial charge in [0.1, 0.15) is 18.1 Å². The van der Waals surface area contributed by atoms with Crippen molar-refractivity contribution in [3.05, 3.63) is 40.6 Å². The minimum atomic E-state index is -0.284. The Morgan fingerprint density at radius 1 is 1.35 bits per heavy atom. The molecule has 0 unspecified atom stereocenters. The van der Waals surface area contributed by atoms with E-state index in [1.807, 2.05) is 0 Å². The van der Waals surface area contributed by atoms with Gasteiger partial charge >= 0.3 is 5.69 Å². The van der Waals surface area contributed by atoms with Gasteiger partial charge < -0.3 is 10.1 Å². The summed E-state index contributed by atoms with van der Waals surface area (Å²) < 4.78 is 8.05. The molecule has 122 valence electrons. The van der Waals surface area contributed by atoms with E-state index >= 15 is 0 Å². The number of rotatable bonds is 4. The van der Waals surface area contributed by atoms with Crippen LogP contribution in [0.2, 0.25) is 0 Å². The van der Waals surface area contributed by atoms with Gasteiger partial charge in [0.25, 0.3) is 0 Å². The van der Waals surface area contributed by atoms with Gasteiger partial charge in [-0.05, 0) is 25.0 Å². The quantitative estimate of drug-likeness (QED) is 0.925. The fourth-order valence-electron chi connectivity index (χ4n) is 2.77. The van der Waals surface area contributed by atoms with Crippen LogP contribution in [0.15, 0.2) is 29.1 Å². The van der Waals surface area contributed by atoms with E-state index in [0.717, 1.165) is 31.5 Å². The largest absolute Gasteiger partial charge is 0.497 e. The molecule has 7 heteroatoms. The Kier molecular flexibility index (Phi) is 4.45. The summed E-state index contributed by atoms with van der Waals surface area (Å²) in [4.78, 5) is 24.5. The molecule has 3 rings (SSSR count). The molecule has 7 nitrogen and oxygen atoms in total. The van der Waals surface area contributed by atoms with Crippen molar-refractivity contribution in [2.75, 3.05) is 12.4 Å². The van der Waals surface area contributed by atoms with Crippen LogP contribution in [-0.4, -0.2) is 27.4 Å². The molecular weight excluding hydrogens is 296 g/mol. The maximum Gasteiger partial charge on any atom is 0.346 e. The molecule has 1 aromatic heterocycles. The molecule has 0 radical (unpaired) electrons. The van der Waals surface area contributed by atoms with Crippen LogP contribution in [0.25, 0.3) is 0 Å². The maximum absolute atomic E-state index is 12.3. The number of aryl methyl sites for hydroxylation is 1. The highest BCUT2D eigenvalue weighted by molar-refractivity contribution is 5.90. The summed E-state index contributed by atoms with van der Waals surface area (Å²) in [5, 5.41) is 7.06. The lowest BCUT2D eigenvalue weighted by molar-refractivity contribution is -0.117. The van der Waals surface area contributed by atoms with Crippen LogP contribution in [0.4, 0.5) is 5.69 Å². The third kappa shape index (κ3) is 3.44. The molecule has 0 atom stereocenters. The Morgan fingerprint density at radius 2 is 2.22 bits per heavy atom. The van der Waals surface area contributed by atoms with Crippen molar-refractivity contribution in [2.45, 2.75) is 38.8 Å². The third-order valence-electron chi connectivity index (χ3n) is 3.93. The summed E-state index contributed by atoms with van der Waals surface area (Å²) in [6, 6.07) is 7.08. The number of benzene rings is 1. The first-order chi connectivity index (χ1) is 11.2. The standard InChI is InChI=1S/C16H20N4O3/c1-23-13-7-5-6-12(10-13)17-15(21)11-20-16(22)19-9-4-2-3-8-14(19)18-20/h5-7,10H,2-4,8-9,11H2,1H3,(H,17,21). The van der Waals surface area contributed by atoms with Crippen LogP contribution in [0, 0.1) is 0 Å². The first-order valence-electron chi connectivity index (χ1n) is 7.78. The Bertz CT molecular complexity index is 763. The van der Waals surface area contributed by atoms with E-state index in [-0.39, 0.29) is 18.1 Å². The van der Waals surface area contributed by atoms with Gasteiger partial charge in [0, 0.05) is 24.7 Å². The molecule has 1 N–H and O–H groups in total. The fourth-order valence-corrected chi connectivity index (χ4v) is 2.77. The number of carbonyl (C=O) groups is 1. The average molecular weight is 316 g/mol. The first-order valence-corrected chi connectivity index (χ1v) is 7.78. The van der Waals surface area contributed by atoms with Crippen molar-refractivity contribution < 1.29 is 9.53 Å². The van der Waals surface area contributed by atoms with Gasteiger partial charge in [-0.3, -0.25) is 9.36 Å². The Labute approximate surface area is 133 Å². The van der Waals surface area contributed by atoms with Crippen molar-refractivity contribution in [1.29, 1.82) is 0 Å². The fraction of sp³-hybridized carbons (Fsp3) is 0.438. The zero-order valence-electron chi connectivity index (χ0n) is 13.1. The van der Waals surface area contributed by atoms with E-state index in [1.54, 1.807) is 35.9 Å². The number of hydrogen-bond donors (Lipinski definition) is 1. The number of nitrogens with one attached hydrogen (secondary N) is 1. The molecule has 1 aliphatic heterocycles. The van der Waals surface area contributed by atoms with Crippen LogP contribution < -0.4 is 15.7 Å². The molecule has 0 fully saturated rings. The second-order valence-corrected chi connectivity index (χ2v) is 5.60. The van der Waals surface area contributed by atoms with Crippen molar-refractivity contribution in [2.24, 2.45) is 0 Å². The van der Waals surface area contributed by atoms with Gasteiger partial charge in [0.15, 0.2) is 0 Å². The minimum Gasteiger partial charge on any atom is -0.497 e. The zero-order chi connectivity index (χ0) is 16.2. The number of nitrogens with zero attached hydrogens (tertiary/aromatic N) is 3. The molecule has 1 aromatic carbocycles. The van der Waals surface area contributed by atoms with Gasteiger partial charge in [-0.15, -0.1) is 0 Å². The average Bonchev–Trinajstić information content (AvgIpc) is 2.73. The molecule has 2 aromatic rings. The van der Waals surface area contributed by atoms with Gasteiger partial charge in [-0.25, -0.2) is 9.48 Å². The highest BCUT2D eigenvalue weighted by Crippen LogP contribution is 2.16. The van der Waals surface area contributed by atoms with Crippen LogP contribution >= 0.6 is 0 Å². The van der Waals surface area contributed by atoms with E-state index in [2.05, 4.69) is 10.4 Å². The first kappa shape index (κ1) is 15.3. The van der Waals surface area contributed by atoms with E-state index in [9.17, 15) is 9.59 Å². The number of methoxy groups -OCH3 is 1. The molecular formula is C16H20N4O3. The summed E-state index contributed by atoms with van der Waals surface area (Å²) in [6.07, 6.45) is 3.92. The van der Waals surface area contributed by atoms with Gasteiger partial charge in [-0.1, -0.05) is 12.5 Å². The molecule has 23 heavy (non-hydrogen) atoms. The van der Waals surface area contributed by atoms with Crippen LogP contribution in [0.5, 0.6) is 5.75 Å². The summed E-state index contributed by atoms with van der Waals surface area (Å²) in [6.45, 7) is 0.599. The lowest BCUT2D eigenvalue weighted by atomic mass is 10.2. The van der Waals surface area contributed by atoms with E-state index in [1.165, 1.54) is 4.68 Å². The number of aromatic nitrogens is 3. The second-order valence-electron chi connectivity index (χ2n) is 5.60. The van der Waals surface area contributed by atoms with Gasteiger partial charge in [-0.2, -0.15) is 5.10 Å². The summed E-state index contributed by atoms with van der Waals surface area (Å²) in [7, 11) is 1.57. The number of ether oxygens (including phenoxy) is 1. The molecule has 1 amide bonds. The van der Waals surface area contributed by atoms with Crippen molar-refractivity contribution >= 4 is 11.6 Å². The number of carbonyl (C=O) groups excluding carboxylic acids is 1. The van der Waals surface area contributed by atoms with E-state index in [4.69, 9.17) is 4.74 Å². The Hall–Kier alpha value is -2.57. The summed E-state index contributed by atoms with van der Waals surface area (Å²) in [5.74, 6) is 1.16. The lowest BCUT2D eigenvalue weighted by Crippen LogP contribution is -2.30. The smallest absolute Gasteiger partial charge is 0.346 e. The topological polar surface area (TPSA) is 78.2 Å². The van der Waals surface area contributed by atoms with Crippen LogP contribution in [0.1, 0.15) is 25.1 Å². The van der Waals surface area contributed by atoms with Crippen molar-refractivity contribution in [3.8, 4) is 5.75 Å². The molecule has 0 aliphatic carbocycles. The van der Waals surface area contributed by atoms with Crippen LogP contribution in [0.3, 0.4) is 0 Å². The molecule has 0 spiro atoms. The third-order valence-corrected chi connectivity index (χ3v) is 3.93. The summed E-state index contributed by atoms with van der Waals surface area (Å²) in [5.41, 5.74) is 0.422. The Balaban J connectivity index is 1.72. The number of fused-ring (bicyclic) bond motifs is 1. The highest BCUT2D eigenvalue weighted by Gasteiger charge is 2.17. The predicted octanol–water partition coefficient (Wildman–Crippen LogP) is 1.42. The minimum absolute atomic E-state index is 0.0873. The number of hydrogen-bond acceptors (Lipinski definition) is 4. The van der Waals surface area contributed by atoms with Crippen molar-refractivity contribution in [1.82, 2.24) is 14.3 Å². The van der Waals surface area contributed by atoms with E-state index in [0.29, 0.717) is 18.0 Å². The zero-order valence-corrected chi connectivity index (χ0v) is 13.1. The SMILES string of the molecule is COc1cccc(NC(=O)Cn2nc3n(c2=O)CCCCC3)c1. The van der Waals surface area contributed by atoms with Crippen molar-refractivity contribution in [3.63, 3.8) is 0 Å². The molecule has 2 heterocycles. The Morgan fingerprint density at radius 3 is 3.04 bits per heavy atom. The molecule has 0 bridgehead atoms. The lowest BCUT2D eigenvalue weighted by Gasteiger charge is -2.06. The summed E-state index contributed by atoms with van der Waals surface area (Å²) >= 11 is 0. The number of amides is 1. The van der Waals surface area contributed by atoms with Crippen LogP contribution in [-0.2, 0) is 24.3 Å². The van der Waals surface area contributed by atoms with E-state index < -0.39 is 0 Å². The molecule has 1 aliphatic rings. The van der Waals surface area contributed by atoms with Gasteiger partial charge in [0.05, 0.1) is 7.11 Å². The van der Waals surface area contributed by atoms with Gasteiger partial charge in [0.2, 0.25) is 5.91 Å². The monoisotopic (exact) mass is 316 g/mol. The second kappa shape index (κ2) is 6.68. The predicted molar refractivity (Wildman–Crippen MR) is 85.7 cm³/mol. The molecule has 0 saturated carbocycles. The number of anilines is 1. The maximum atomic E-state index is 12.3. The highest BCUT2D eigenvalue weighted by atomic mass is 16.5. The molecule has 0 saturated heterocycles.